The van der Waals surface area contributed by atoms with Crippen molar-refractivity contribution in [2.75, 3.05) is 12.4 Å². The van der Waals surface area contributed by atoms with Gasteiger partial charge in [-0.15, -0.1) is 0 Å². The van der Waals surface area contributed by atoms with Gasteiger partial charge in [0, 0.05) is 11.3 Å². The molecule has 4 nitrogen and oxygen atoms in total. The number of rotatable bonds is 3. The van der Waals surface area contributed by atoms with Gasteiger partial charge in [0.15, 0.2) is 0 Å². The topological polar surface area (TPSA) is 58.6 Å². The molecule has 0 aliphatic rings. The van der Waals surface area contributed by atoms with Gasteiger partial charge in [-0.25, -0.2) is 0 Å². The Labute approximate surface area is 111 Å². The number of methoxy groups -OCH3 is 1. The monoisotopic (exact) mass is 257 g/mol. The molecule has 0 aliphatic carbocycles. The number of phenols is 1. The van der Waals surface area contributed by atoms with E-state index in [0.717, 1.165) is 11.3 Å². The molecule has 2 rings (SSSR count). The van der Waals surface area contributed by atoms with Crippen molar-refractivity contribution in [2.45, 2.75) is 6.92 Å². The van der Waals surface area contributed by atoms with Gasteiger partial charge in [0.05, 0.1) is 7.11 Å². The molecule has 0 aromatic heterocycles. The number of hydrogen-bond acceptors (Lipinski definition) is 3. The Morgan fingerprint density at radius 2 is 1.84 bits per heavy atom. The Morgan fingerprint density at radius 3 is 2.42 bits per heavy atom. The third kappa shape index (κ3) is 3.04. The number of aromatic hydroxyl groups is 1. The molecule has 0 fully saturated rings. The average Bonchev–Trinajstić information content (AvgIpc) is 2.39. The first-order chi connectivity index (χ1) is 9.10. The number of nitrogens with one attached hydrogen (secondary N) is 1. The van der Waals surface area contributed by atoms with Gasteiger partial charge < -0.3 is 15.2 Å². The summed E-state index contributed by atoms with van der Waals surface area (Å²) in [6.07, 6.45) is 0. The molecule has 0 atom stereocenters. The van der Waals surface area contributed by atoms with Gasteiger partial charge in [0.2, 0.25) is 0 Å². The van der Waals surface area contributed by atoms with Crippen molar-refractivity contribution in [1.29, 1.82) is 0 Å². The van der Waals surface area contributed by atoms with Gasteiger partial charge in [0.25, 0.3) is 5.91 Å². The number of ether oxygens (including phenoxy) is 1. The second-order valence-electron chi connectivity index (χ2n) is 4.19. The van der Waals surface area contributed by atoms with E-state index in [2.05, 4.69) is 5.32 Å². The summed E-state index contributed by atoms with van der Waals surface area (Å²) >= 11 is 0. The number of carbonyl (C=O) groups excluding carboxylic acids is 1. The maximum Gasteiger partial charge on any atom is 0.255 e. The summed E-state index contributed by atoms with van der Waals surface area (Å²) < 4.78 is 5.16. The van der Waals surface area contributed by atoms with E-state index in [9.17, 15) is 9.90 Å². The fraction of sp³-hybridized carbons (Fsp3) is 0.133. The van der Waals surface area contributed by atoms with Crippen LogP contribution in [0.2, 0.25) is 0 Å². The van der Waals surface area contributed by atoms with Crippen molar-refractivity contribution < 1.29 is 14.6 Å². The molecule has 0 aliphatic heterocycles. The summed E-state index contributed by atoms with van der Waals surface area (Å²) in [7, 11) is 1.61. The fourth-order valence-corrected chi connectivity index (χ4v) is 1.77. The summed E-state index contributed by atoms with van der Waals surface area (Å²) in [5.74, 6) is 0.698. The van der Waals surface area contributed by atoms with Crippen LogP contribution in [0, 0.1) is 6.92 Å². The Bertz CT molecular complexity index is 591. The van der Waals surface area contributed by atoms with Crippen molar-refractivity contribution in [1.82, 2.24) is 0 Å². The summed E-state index contributed by atoms with van der Waals surface area (Å²) in [6.45, 7) is 1.91. The van der Waals surface area contributed by atoms with Crippen LogP contribution in [0.1, 0.15) is 15.9 Å². The molecule has 2 aromatic rings. The number of phenolic OH excluding ortho intramolecular Hbond substituents is 1. The van der Waals surface area contributed by atoms with Crippen LogP contribution >= 0.6 is 0 Å². The van der Waals surface area contributed by atoms with Gasteiger partial charge in [0.1, 0.15) is 11.5 Å². The minimum absolute atomic E-state index is 0.136. The van der Waals surface area contributed by atoms with E-state index in [0.29, 0.717) is 11.3 Å². The molecule has 2 aromatic carbocycles. The Morgan fingerprint density at radius 1 is 1.16 bits per heavy atom. The van der Waals surface area contributed by atoms with Crippen molar-refractivity contribution >= 4 is 11.6 Å². The predicted molar refractivity (Wildman–Crippen MR) is 73.8 cm³/mol. The fourth-order valence-electron chi connectivity index (χ4n) is 1.77. The summed E-state index contributed by atoms with van der Waals surface area (Å²) in [5.41, 5.74) is 2.15. The Balaban J connectivity index is 2.14. The van der Waals surface area contributed by atoms with Gasteiger partial charge in [-0.1, -0.05) is 0 Å². The molecule has 0 heterocycles. The van der Waals surface area contributed by atoms with E-state index in [1.165, 1.54) is 12.1 Å². The first-order valence-electron chi connectivity index (χ1n) is 5.85. The number of hydrogen-bond donors (Lipinski definition) is 2. The third-order valence-corrected chi connectivity index (χ3v) is 2.78. The van der Waals surface area contributed by atoms with Crippen molar-refractivity contribution in [2.24, 2.45) is 0 Å². The lowest BCUT2D eigenvalue weighted by Gasteiger charge is -2.09. The lowest BCUT2D eigenvalue weighted by molar-refractivity contribution is 0.102. The second kappa shape index (κ2) is 5.44. The number of amides is 1. The molecule has 1 amide bonds. The molecule has 98 valence electrons. The van der Waals surface area contributed by atoms with Gasteiger partial charge >= 0.3 is 0 Å². The Hall–Kier alpha value is -2.49. The van der Waals surface area contributed by atoms with Gasteiger partial charge in [-0.2, -0.15) is 0 Å². The van der Waals surface area contributed by atoms with Gasteiger partial charge in [-0.05, 0) is 55.0 Å². The van der Waals surface area contributed by atoms with E-state index < -0.39 is 0 Å². The zero-order valence-corrected chi connectivity index (χ0v) is 10.8. The van der Waals surface area contributed by atoms with Gasteiger partial charge in [-0.3, -0.25) is 4.79 Å². The van der Waals surface area contributed by atoms with Crippen molar-refractivity contribution in [3.05, 3.63) is 53.6 Å². The molecule has 0 bridgehead atoms. The molecule has 0 spiro atoms. The number of aryl methyl sites for hydroxylation is 1. The molecule has 2 N–H and O–H groups in total. The maximum absolute atomic E-state index is 12.0. The van der Waals surface area contributed by atoms with Crippen LogP contribution in [0.5, 0.6) is 11.5 Å². The van der Waals surface area contributed by atoms with Crippen LogP contribution in [0.3, 0.4) is 0 Å². The van der Waals surface area contributed by atoms with Crippen LogP contribution in [0.25, 0.3) is 0 Å². The number of benzene rings is 2. The first-order valence-corrected chi connectivity index (χ1v) is 5.85. The summed E-state index contributed by atoms with van der Waals surface area (Å²) in [5, 5.41) is 12.0. The molecule has 19 heavy (non-hydrogen) atoms. The zero-order valence-electron chi connectivity index (χ0n) is 10.8. The highest BCUT2D eigenvalue weighted by atomic mass is 16.5. The molecule has 0 radical (unpaired) electrons. The maximum atomic E-state index is 12.0. The van der Waals surface area contributed by atoms with Crippen LogP contribution in [-0.2, 0) is 0 Å². The first kappa shape index (κ1) is 13.0. The van der Waals surface area contributed by atoms with Crippen LogP contribution in [0.15, 0.2) is 42.5 Å². The van der Waals surface area contributed by atoms with E-state index in [-0.39, 0.29) is 11.7 Å². The molecular weight excluding hydrogens is 242 g/mol. The van der Waals surface area contributed by atoms with Crippen LogP contribution in [0.4, 0.5) is 5.69 Å². The molecule has 0 unspecified atom stereocenters. The summed E-state index contributed by atoms with van der Waals surface area (Å²) in [6, 6.07) is 11.5. The van der Waals surface area contributed by atoms with E-state index >= 15 is 0 Å². The van der Waals surface area contributed by atoms with Crippen molar-refractivity contribution in [3.63, 3.8) is 0 Å². The summed E-state index contributed by atoms with van der Waals surface area (Å²) in [4.78, 5) is 12.0. The molecular formula is C15H15NO3. The standard InChI is InChI=1S/C15H15NO3/c1-10-9-12(5-8-14(10)19-2)16-15(18)11-3-6-13(17)7-4-11/h3-9,17H,1-2H3,(H,16,18). The number of carbonyl (C=O) groups is 1. The van der Waals surface area contributed by atoms with E-state index in [4.69, 9.17) is 4.74 Å². The highest BCUT2D eigenvalue weighted by Gasteiger charge is 2.07. The lowest BCUT2D eigenvalue weighted by Crippen LogP contribution is -2.11. The molecule has 0 saturated heterocycles. The highest BCUT2D eigenvalue weighted by molar-refractivity contribution is 6.04. The average molecular weight is 257 g/mol. The predicted octanol–water partition coefficient (Wildman–Crippen LogP) is 2.96. The lowest BCUT2D eigenvalue weighted by atomic mass is 10.1. The second-order valence-corrected chi connectivity index (χ2v) is 4.19. The Kier molecular flexibility index (Phi) is 3.71. The minimum Gasteiger partial charge on any atom is -0.508 e. The SMILES string of the molecule is COc1ccc(NC(=O)c2ccc(O)cc2)cc1C. The highest BCUT2D eigenvalue weighted by Crippen LogP contribution is 2.22. The molecule has 4 heteroatoms. The minimum atomic E-state index is -0.218. The normalized spacial score (nSPS) is 10.0. The van der Waals surface area contributed by atoms with Crippen molar-refractivity contribution in [3.8, 4) is 11.5 Å². The van der Waals surface area contributed by atoms with E-state index in [1.54, 1.807) is 25.3 Å². The smallest absolute Gasteiger partial charge is 0.255 e. The third-order valence-electron chi connectivity index (χ3n) is 2.78. The zero-order chi connectivity index (χ0) is 13.8. The molecule has 0 saturated carbocycles. The van der Waals surface area contributed by atoms with E-state index in [1.807, 2.05) is 19.1 Å². The number of anilines is 1. The van der Waals surface area contributed by atoms with Crippen LogP contribution in [-0.4, -0.2) is 18.1 Å². The largest absolute Gasteiger partial charge is 0.508 e. The quantitative estimate of drug-likeness (QED) is 0.888. The van der Waals surface area contributed by atoms with Crippen LogP contribution < -0.4 is 10.1 Å².